The van der Waals surface area contributed by atoms with Crippen molar-refractivity contribution < 1.29 is 33.7 Å². The first-order valence-electron chi connectivity index (χ1n) is 8.96. The lowest BCUT2D eigenvalue weighted by molar-refractivity contribution is -0.139. The summed E-state index contributed by atoms with van der Waals surface area (Å²) in [5, 5.41) is 14.4. The minimum absolute atomic E-state index is 0.0141. The second-order valence-corrected chi connectivity index (χ2v) is 6.62. The van der Waals surface area contributed by atoms with Crippen molar-refractivity contribution in [3.8, 4) is 11.5 Å². The van der Waals surface area contributed by atoms with Crippen molar-refractivity contribution in [3.63, 3.8) is 0 Å². The van der Waals surface area contributed by atoms with Crippen molar-refractivity contribution in [2.24, 2.45) is 0 Å². The van der Waals surface area contributed by atoms with Crippen LogP contribution >= 0.6 is 0 Å². The van der Waals surface area contributed by atoms with Crippen LogP contribution in [0.5, 0.6) is 11.5 Å². The Labute approximate surface area is 161 Å². The van der Waals surface area contributed by atoms with Gasteiger partial charge < -0.3 is 30.0 Å². The Hall–Kier alpha value is -3.01. The lowest BCUT2D eigenvalue weighted by atomic mass is 9.85. The van der Waals surface area contributed by atoms with Crippen LogP contribution in [0.25, 0.3) is 0 Å². The molecule has 0 saturated heterocycles. The van der Waals surface area contributed by atoms with E-state index in [2.05, 4.69) is 10.6 Å². The standard InChI is InChI=1S/C18H23N3O7/c1-3-21(8-16(22)23)11-4-10(5-11)19-18(25)20-13-7-15-14(27-9-28-15)6-12(13)17(24)26-2/h6-7,10-11H,3-5,8-9H2,1-2H3,(H,22,23)(H2,19,20,25). The SMILES string of the molecule is CCN(CC(=O)O)C1CC(NC(=O)Nc2cc3c(cc2C(=O)OC)OCO3)C1. The van der Waals surface area contributed by atoms with Gasteiger partial charge in [-0.15, -0.1) is 0 Å². The number of hydrogen-bond acceptors (Lipinski definition) is 7. The summed E-state index contributed by atoms with van der Waals surface area (Å²) in [5.41, 5.74) is 0.414. The van der Waals surface area contributed by atoms with Crippen LogP contribution in [-0.4, -0.2) is 67.1 Å². The highest BCUT2D eigenvalue weighted by Gasteiger charge is 2.35. The van der Waals surface area contributed by atoms with E-state index < -0.39 is 18.0 Å². The fourth-order valence-corrected chi connectivity index (χ4v) is 3.34. The summed E-state index contributed by atoms with van der Waals surface area (Å²) in [6, 6.07) is 2.58. The average Bonchev–Trinajstić information content (AvgIpc) is 3.08. The van der Waals surface area contributed by atoms with Gasteiger partial charge in [-0.25, -0.2) is 9.59 Å². The van der Waals surface area contributed by atoms with Crippen molar-refractivity contribution in [1.82, 2.24) is 10.2 Å². The van der Waals surface area contributed by atoms with Gasteiger partial charge in [-0.05, 0) is 19.4 Å². The fourth-order valence-electron chi connectivity index (χ4n) is 3.34. The number of carboxylic acids is 1. The molecule has 2 aliphatic rings. The summed E-state index contributed by atoms with van der Waals surface area (Å²) < 4.78 is 15.3. The summed E-state index contributed by atoms with van der Waals surface area (Å²) in [4.78, 5) is 37.1. The number of ether oxygens (including phenoxy) is 3. The highest BCUT2D eigenvalue weighted by molar-refractivity contribution is 6.01. The van der Waals surface area contributed by atoms with Crippen LogP contribution in [0, 0.1) is 0 Å². The van der Waals surface area contributed by atoms with Gasteiger partial charge in [0.2, 0.25) is 6.79 Å². The number of aliphatic carboxylic acids is 1. The summed E-state index contributed by atoms with van der Waals surface area (Å²) in [7, 11) is 1.25. The first kappa shape index (κ1) is 19.7. The number of hydrogen-bond donors (Lipinski definition) is 3. The third kappa shape index (κ3) is 4.28. The zero-order valence-corrected chi connectivity index (χ0v) is 15.7. The number of carbonyl (C=O) groups excluding carboxylic acids is 2. The monoisotopic (exact) mass is 393 g/mol. The van der Waals surface area contributed by atoms with Gasteiger partial charge in [0.15, 0.2) is 11.5 Å². The third-order valence-corrected chi connectivity index (χ3v) is 4.88. The molecule has 2 amide bonds. The molecule has 1 saturated carbocycles. The number of carbonyl (C=O) groups is 3. The molecule has 28 heavy (non-hydrogen) atoms. The predicted molar refractivity (Wildman–Crippen MR) is 97.8 cm³/mol. The van der Waals surface area contributed by atoms with Crippen molar-refractivity contribution in [2.45, 2.75) is 31.8 Å². The molecule has 0 spiro atoms. The molecule has 0 atom stereocenters. The maximum atomic E-state index is 12.3. The molecule has 1 fully saturated rings. The Morgan fingerprint density at radius 1 is 1.25 bits per heavy atom. The lowest BCUT2D eigenvalue weighted by Crippen LogP contribution is -2.55. The molecule has 3 rings (SSSR count). The molecule has 0 bridgehead atoms. The fraction of sp³-hybridized carbons (Fsp3) is 0.500. The largest absolute Gasteiger partial charge is 0.480 e. The molecule has 10 heteroatoms. The number of carboxylic acid groups (broad SMARTS) is 1. The van der Waals surface area contributed by atoms with Gasteiger partial charge in [0, 0.05) is 24.2 Å². The molecule has 1 aromatic rings. The Balaban J connectivity index is 1.59. The Kier molecular flexibility index (Phi) is 5.88. The van der Waals surface area contributed by atoms with Gasteiger partial charge >= 0.3 is 18.0 Å². The average molecular weight is 393 g/mol. The normalized spacial score (nSPS) is 19.7. The summed E-state index contributed by atoms with van der Waals surface area (Å²) in [6.07, 6.45) is 1.33. The molecular weight excluding hydrogens is 370 g/mol. The van der Waals surface area contributed by atoms with Gasteiger partial charge in [0.25, 0.3) is 0 Å². The smallest absolute Gasteiger partial charge is 0.340 e. The zero-order chi connectivity index (χ0) is 20.3. The van der Waals surface area contributed by atoms with Gasteiger partial charge in [-0.2, -0.15) is 0 Å². The predicted octanol–water partition coefficient (Wildman–Crippen LogP) is 1.26. The molecule has 0 radical (unpaired) electrons. The number of methoxy groups -OCH3 is 1. The second-order valence-electron chi connectivity index (χ2n) is 6.62. The van der Waals surface area contributed by atoms with Crippen molar-refractivity contribution in [3.05, 3.63) is 17.7 Å². The Morgan fingerprint density at radius 3 is 2.54 bits per heavy atom. The van der Waals surface area contributed by atoms with E-state index in [1.807, 2.05) is 11.8 Å². The van der Waals surface area contributed by atoms with Gasteiger partial charge in [0.1, 0.15) is 0 Å². The Bertz CT molecular complexity index is 777. The highest BCUT2D eigenvalue weighted by Crippen LogP contribution is 2.37. The molecular formula is C18H23N3O7. The molecule has 152 valence electrons. The lowest BCUT2D eigenvalue weighted by Gasteiger charge is -2.42. The number of amides is 2. The van der Waals surface area contributed by atoms with E-state index in [0.29, 0.717) is 30.9 Å². The number of anilines is 1. The topological polar surface area (TPSA) is 126 Å². The van der Waals surface area contributed by atoms with Crippen LogP contribution in [0.15, 0.2) is 12.1 Å². The van der Waals surface area contributed by atoms with Crippen LogP contribution in [-0.2, 0) is 9.53 Å². The van der Waals surface area contributed by atoms with E-state index in [4.69, 9.17) is 19.3 Å². The number of esters is 1. The molecule has 1 aromatic carbocycles. The van der Waals surface area contributed by atoms with Crippen molar-refractivity contribution in [1.29, 1.82) is 0 Å². The van der Waals surface area contributed by atoms with Crippen LogP contribution in [0.4, 0.5) is 10.5 Å². The summed E-state index contributed by atoms with van der Waals surface area (Å²) in [6.45, 7) is 2.57. The molecule has 3 N–H and O–H groups in total. The van der Waals surface area contributed by atoms with Crippen LogP contribution in [0.2, 0.25) is 0 Å². The van der Waals surface area contributed by atoms with E-state index in [0.717, 1.165) is 0 Å². The van der Waals surface area contributed by atoms with Crippen molar-refractivity contribution in [2.75, 3.05) is 32.3 Å². The van der Waals surface area contributed by atoms with Crippen molar-refractivity contribution >= 4 is 23.7 Å². The van der Waals surface area contributed by atoms with Gasteiger partial charge in [-0.1, -0.05) is 6.92 Å². The van der Waals surface area contributed by atoms with Crippen LogP contribution in [0.1, 0.15) is 30.1 Å². The molecule has 1 aliphatic carbocycles. The van der Waals surface area contributed by atoms with E-state index in [1.165, 1.54) is 19.2 Å². The minimum Gasteiger partial charge on any atom is -0.480 e. The summed E-state index contributed by atoms with van der Waals surface area (Å²) >= 11 is 0. The maximum absolute atomic E-state index is 12.3. The molecule has 0 aromatic heterocycles. The van der Waals surface area contributed by atoms with E-state index >= 15 is 0 Å². The number of nitrogens with one attached hydrogen (secondary N) is 2. The number of nitrogens with zero attached hydrogens (tertiary/aromatic N) is 1. The van der Waals surface area contributed by atoms with E-state index in [1.54, 1.807) is 0 Å². The molecule has 10 nitrogen and oxygen atoms in total. The maximum Gasteiger partial charge on any atom is 0.340 e. The molecule has 0 unspecified atom stereocenters. The summed E-state index contributed by atoms with van der Waals surface area (Å²) in [5.74, 6) is -0.635. The zero-order valence-electron chi connectivity index (χ0n) is 15.7. The van der Waals surface area contributed by atoms with E-state index in [-0.39, 0.29) is 36.7 Å². The number of benzene rings is 1. The number of rotatable bonds is 7. The van der Waals surface area contributed by atoms with Gasteiger partial charge in [-0.3, -0.25) is 9.69 Å². The third-order valence-electron chi connectivity index (χ3n) is 4.88. The van der Waals surface area contributed by atoms with E-state index in [9.17, 15) is 14.4 Å². The first-order valence-corrected chi connectivity index (χ1v) is 8.96. The highest BCUT2D eigenvalue weighted by atomic mass is 16.7. The second kappa shape index (κ2) is 8.34. The minimum atomic E-state index is -0.867. The van der Waals surface area contributed by atoms with Crippen LogP contribution < -0.4 is 20.1 Å². The first-order chi connectivity index (χ1) is 13.4. The number of likely N-dealkylation sites (N-methyl/N-ethyl adjacent to an activating group) is 1. The number of urea groups is 1. The van der Waals surface area contributed by atoms with Gasteiger partial charge in [0.05, 0.1) is 24.9 Å². The quantitative estimate of drug-likeness (QED) is 0.591. The number of fused-ring (bicyclic) bond motifs is 1. The molecule has 1 aliphatic heterocycles. The molecule has 1 heterocycles. The van der Waals surface area contributed by atoms with Crippen LogP contribution in [0.3, 0.4) is 0 Å². The Morgan fingerprint density at radius 2 is 1.93 bits per heavy atom.